The van der Waals surface area contributed by atoms with Gasteiger partial charge in [0.1, 0.15) is 35.8 Å². The zero-order valence-corrected chi connectivity index (χ0v) is 22.2. The van der Waals surface area contributed by atoms with E-state index in [1.165, 1.54) is 23.1 Å². The smallest absolute Gasteiger partial charge is 0.282 e. The molecule has 0 spiro atoms. The first kappa shape index (κ1) is 26.3. The number of alkyl halides is 2. The Kier molecular flexibility index (Phi) is 6.47. The molecule has 0 bridgehead atoms. The summed E-state index contributed by atoms with van der Waals surface area (Å²) in [6, 6.07) is 6.10. The normalized spacial score (nSPS) is 18.1. The summed E-state index contributed by atoms with van der Waals surface area (Å²) in [5.41, 5.74) is 3.68. The van der Waals surface area contributed by atoms with Crippen molar-refractivity contribution in [3.05, 3.63) is 95.1 Å². The van der Waals surface area contributed by atoms with Gasteiger partial charge in [-0.1, -0.05) is 0 Å². The molecule has 7 rings (SSSR count). The van der Waals surface area contributed by atoms with Crippen LogP contribution in [0.25, 0.3) is 22.2 Å². The zero-order chi connectivity index (χ0) is 29.0. The summed E-state index contributed by atoms with van der Waals surface area (Å²) in [6.07, 6.45) is 5.89. The second-order valence-corrected chi connectivity index (χ2v) is 10.9. The summed E-state index contributed by atoms with van der Waals surface area (Å²) < 4.78 is 57.3. The second kappa shape index (κ2) is 10.3. The van der Waals surface area contributed by atoms with E-state index >= 15 is 0 Å². The lowest BCUT2D eigenvalue weighted by Crippen LogP contribution is -2.34. The molecule has 214 valence electrons. The van der Waals surface area contributed by atoms with Crippen LogP contribution in [0.15, 0.2) is 55.2 Å². The Morgan fingerprint density at radius 3 is 2.74 bits per heavy atom. The van der Waals surface area contributed by atoms with Crippen molar-refractivity contribution in [2.24, 2.45) is 5.92 Å². The third-order valence-electron chi connectivity index (χ3n) is 8.15. The van der Waals surface area contributed by atoms with Crippen molar-refractivity contribution in [3.63, 3.8) is 0 Å². The molecule has 1 amide bonds. The first-order valence-electron chi connectivity index (χ1n) is 13.7. The summed E-state index contributed by atoms with van der Waals surface area (Å²) in [4.78, 5) is 29.6. The van der Waals surface area contributed by atoms with E-state index in [0.717, 1.165) is 24.3 Å². The predicted octanol–water partition coefficient (Wildman–Crippen LogP) is 5.58. The lowest BCUT2D eigenvalue weighted by Gasteiger charge is -2.22. The van der Waals surface area contributed by atoms with Gasteiger partial charge in [-0.2, -0.15) is 5.10 Å². The van der Waals surface area contributed by atoms with Crippen molar-refractivity contribution in [3.8, 4) is 11.1 Å². The molecule has 2 N–H and O–H groups in total. The minimum Gasteiger partial charge on any atom is -0.346 e. The van der Waals surface area contributed by atoms with Crippen LogP contribution >= 0.6 is 0 Å². The maximum absolute atomic E-state index is 14.1. The van der Waals surface area contributed by atoms with Gasteiger partial charge in [0, 0.05) is 58.3 Å². The number of H-pyrrole nitrogens is 1. The molecule has 1 fully saturated rings. The summed E-state index contributed by atoms with van der Waals surface area (Å²) in [5, 5.41) is 7.94. The molecule has 4 aromatic heterocycles. The van der Waals surface area contributed by atoms with Gasteiger partial charge < -0.3 is 10.3 Å². The Balaban J connectivity index is 1.24. The number of carbonyl (C=O) groups excluding carboxylic acids is 1. The highest BCUT2D eigenvalue weighted by atomic mass is 19.3. The number of fused-ring (bicyclic) bond motifs is 4. The average molecular weight is 576 g/mol. The molecule has 8 nitrogen and oxygen atoms in total. The van der Waals surface area contributed by atoms with Crippen LogP contribution in [0.1, 0.15) is 59.4 Å². The number of hydrogen-bond donors (Lipinski definition) is 2. The SMILES string of the molecule is O=C(Cn1nc(C(F)F)c2c1[C@@H]1C[C@@H]1CC2)NC(Cc1cc(F)cc(F)c1)c1ncncc1-c1cnc2[nH]ccc2c1. The Labute approximate surface area is 237 Å². The van der Waals surface area contributed by atoms with Crippen LogP contribution in [0.2, 0.25) is 0 Å². The van der Waals surface area contributed by atoms with Gasteiger partial charge in [0.25, 0.3) is 6.43 Å². The van der Waals surface area contributed by atoms with Crippen molar-refractivity contribution in [1.82, 2.24) is 35.0 Å². The number of rotatable bonds is 8. The van der Waals surface area contributed by atoms with Crippen molar-refractivity contribution in [2.45, 2.75) is 50.6 Å². The fourth-order valence-electron chi connectivity index (χ4n) is 6.21. The van der Waals surface area contributed by atoms with Crippen molar-refractivity contribution in [1.29, 1.82) is 0 Å². The molecule has 0 radical (unpaired) electrons. The number of carbonyl (C=O) groups is 1. The largest absolute Gasteiger partial charge is 0.346 e. The van der Waals surface area contributed by atoms with Crippen LogP contribution in [-0.4, -0.2) is 35.6 Å². The molecule has 3 atom stereocenters. The van der Waals surface area contributed by atoms with Gasteiger partial charge in [-0.3, -0.25) is 9.48 Å². The summed E-state index contributed by atoms with van der Waals surface area (Å²) >= 11 is 0. The van der Waals surface area contributed by atoms with Gasteiger partial charge in [-0.15, -0.1) is 0 Å². The molecule has 0 saturated heterocycles. The molecule has 2 aliphatic carbocycles. The monoisotopic (exact) mass is 575 g/mol. The number of nitrogens with zero attached hydrogens (tertiary/aromatic N) is 5. The third kappa shape index (κ3) is 4.90. The minimum absolute atomic E-state index is 0.00839. The molecule has 12 heteroatoms. The van der Waals surface area contributed by atoms with Gasteiger partial charge in [0.15, 0.2) is 0 Å². The second-order valence-electron chi connectivity index (χ2n) is 10.9. The fourth-order valence-corrected chi connectivity index (χ4v) is 6.21. The highest BCUT2D eigenvalue weighted by Crippen LogP contribution is 2.55. The highest BCUT2D eigenvalue weighted by Gasteiger charge is 2.46. The molecule has 2 aliphatic rings. The van der Waals surface area contributed by atoms with Crippen LogP contribution in [0.5, 0.6) is 0 Å². The molecule has 5 aromatic rings. The minimum atomic E-state index is -2.73. The molecule has 1 unspecified atom stereocenters. The summed E-state index contributed by atoms with van der Waals surface area (Å²) in [7, 11) is 0. The maximum atomic E-state index is 14.1. The number of halogens is 4. The Morgan fingerprint density at radius 1 is 1.10 bits per heavy atom. The van der Waals surface area contributed by atoms with Crippen LogP contribution < -0.4 is 5.32 Å². The molecule has 4 heterocycles. The van der Waals surface area contributed by atoms with Crippen molar-refractivity contribution >= 4 is 16.9 Å². The zero-order valence-electron chi connectivity index (χ0n) is 22.2. The van der Waals surface area contributed by atoms with Crippen LogP contribution in [-0.2, 0) is 24.2 Å². The van der Waals surface area contributed by atoms with E-state index in [1.807, 2.05) is 12.1 Å². The number of aromatic amines is 1. The molecule has 1 aromatic carbocycles. The standard InChI is InChI=1S/C30H25F4N7O/c31-19-5-15(6-20(32)10-19)7-24(26-23(12-35-14-38-26)18-8-17-3-4-36-30(17)37-11-18)39-25(42)13-41-28-21(27(40-41)29(33)34)2-1-16-9-22(16)28/h3-6,8,10-12,14,16,22,24,29H,1-2,7,9,13H2,(H,36,37)(H,39,42)/t16-,22+,24?/m0/s1. The van der Waals surface area contributed by atoms with E-state index in [9.17, 15) is 22.4 Å². The van der Waals surface area contributed by atoms with Crippen LogP contribution in [0.3, 0.4) is 0 Å². The van der Waals surface area contributed by atoms with E-state index in [4.69, 9.17) is 0 Å². The van der Waals surface area contributed by atoms with Crippen molar-refractivity contribution < 1.29 is 22.4 Å². The highest BCUT2D eigenvalue weighted by molar-refractivity contribution is 5.82. The fraction of sp³-hybridized carbons (Fsp3) is 0.300. The molecule has 42 heavy (non-hydrogen) atoms. The maximum Gasteiger partial charge on any atom is 0.282 e. The lowest BCUT2D eigenvalue weighted by molar-refractivity contribution is -0.122. The molecular weight excluding hydrogens is 550 g/mol. The first-order chi connectivity index (χ1) is 20.3. The lowest BCUT2D eigenvalue weighted by atomic mass is 9.95. The van der Waals surface area contributed by atoms with E-state index in [0.29, 0.717) is 51.6 Å². The van der Waals surface area contributed by atoms with Gasteiger partial charge in [-0.25, -0.2) is 32.5 Å². The van der Waals surface area contributed by atoms with E-state index in [-0.39, 0.29) is 24.6 Å². The van der Waals surface area contributed by atoms with Crippen LogP contribution in [0, 0.1) is 17.6 Å². The molecule has 1 saturated carbocycles. The molecule has 0 aliphatic heterocycles. The first-order valence-corrected chi connectivity index (χ1v) is 13.7. The number of pyridine rings is 1. The third-order valence-corrected chi connectivity index (χ3v) is 8.15. The summed E-state index contributed by atoms with van der Waals surface area (Å²) in [5.74, 6) is -1.42. The van der Waals surface area contributed by atoms with Gasteiger partial charge in [0.2, 0.25) is 5.91 Å². The topological polar surface area (TPSA) is 101 Å². The van der Waals surface area contributed by atoms with E-state index < -0.39 is 30.0 Å². The molecular formula is C30H25F4N7O. The Hall–Kier alpha value is -4.61. The number of hydrogen-bond acceptors (Lipinski definition) is 5. The van der Waals surface area contributed by atoms with E-state index in [2.05, 4.69) is 30.4 Å². The number of aromatic nitrogens is 6. The quantitative estimate of drug-likeness (QED) is 0.235. The van der Waals surface area contributed by atoms with E-state index in [1.54, 1.807) is 18.6 Å². The number of nitrogens with one attached hydrogen (secondary N) is 2. The Morgan fingerprint density at radius 2 is 1.93 bits per heavy atom. The van der Waals surface area contributed by atoms with Gasteiger partial charge in [-0.05, 0) is 61.4 Å². The van der Waals surface area contributed by atoms with Crippen molar-refractivity contribution in [2.75, 3.05) is 0 Å². The van der Waals surface area contributed by atoms with Crippen LogP contribution in [0.4, 0.5) is 17.6 Å². The number of benzene rings is 1. The summed E-state index contributed by atoms with van der Waals surface area (Å²) in [6.45, 7) is -0.274. The number of amides is 1. The average Bonchev–Trinajstić information content (AvgIpc) is 3.43. The van der Waals surface area contributed by atoms with Gasteiger partial charge >= 0.3 is 0 Å². The predicted molar refractivity (Wildman–Crippen MR) is 144 cm³/mol. The Bertz CT molecular complexity index is 1800. The van der Waals surface area contributed by atoms with Gasteiger partial charge in [0.05, 0.1) is 11.7 Å².